The monoisotopic (exact) mass is 360 g/mol. The highest BCUT2D eigenvalue weighted by Crippen LogP contribution is 2.26. The molecule has 102 valence electrons. The average molecular weight is 361 g/mol. The van der Waals surface area contributed by atoms with Crippen LogP contribution in [-0.4, -0.2) is 8.42 Å². The van der Waals surface area contributed by atoms with E-state index < -0.39 is 10.0 Å². The van der Waals surface area contributed by atoms with Gasteiger partial charge >= 0.3 is 0 Å². The van der Waals surface area contributed by atoms with Gasteiger partial charge in [0.1, 0.15) is 0 Å². The fourth-order valence-electron chi connectivity index (χ4n) is 1.61. The molecule has 0 saturated heterocycles. The number of benzene rings is 1. The van der Waals surface area contributed by atoms with E-state index in [0.29, 0.717) is 10.2 Å². The summed E-state index contributed by atoms with van der Waals surface area (Å²) in [6, 6.07) is 6.31. The van der Waals surface area contributed by atoms with Crippen molar-refractivity contribution < 1.29 is 8.42 Å². The van der Waals surface area contributed by atoms with Gasteiger partial charge in [-0.3, -0.25) is 0 Å². The summed E-state index contributed by atoms with van der Waals surface area (Å²) in [4.78, 5) is 0.148. The summed E-state index contributed by atoms with van der Waals surface area (Å²) in [5.41, 5.74) is 6.99. The van der Waals surface area contributed by atoms with E-state index in [1.54, 1.807) is 19.1 Å². The van der Waals surface area contributed by atoms with Crippen molar-refractivity contribution in [2.75, 3.05) is 5.73 Å². The molecule has 0 aliphatic rings. The second-order valence-electron chi connectivity index (χ2n) is 4.09. The number of thiophene rings is 1. The van der Waals surface area contributed by atoms with Crippen LogP contribution in [0.3, 0.4) is 0 Å². The van der Waals surface area contributed by atoms with Crippen LogP contribution >= 0.6 is 27.3 Å². The number of hydrogen-bond donors (Lipinski definition) is 2. The van der Waals surface area contributed by atoms with Crippen LogP contribution in [0.5, 0.6) is 0 Å². The Morgan fingerprint density at radius 2 is 2.11 bits per heavy atom. The largest absolute Gasteiger partial charge is 0.399 e. The number of nitrogen functional groups attached to an aromatic ring is 1. The molecule has 1 aromatic carbocycles. The predicted octanol–water partition coefficient (Wildman–Crippen LogP) is 3.13. The minimum Gasteiger partial charge on any atom is -0.399 e. The molecule has 0 radical (unpaired) electrons. The molecule has 1 aromatic heterocycles. The number of hydrogen-bond acceptors (Lipinski definition) is 4. The van der Waals surface area contributed by atoms with Crippen LogP contribution in [-0.2, 0) is 10.0 Å². The third-order valence-corrected chi connectivity index (χ3v) is 5.86. The minimum atomic E-state index is -3.61. The molecule has 1 heterocycles. The molecule has 7 heteroatoms. The van der Waals surface area contributed by atoms with E-state index >= 15 is 0 Å². The fraction of sp³-hybridized carbons (Fsp3) is 0.167. The zero-order chi connectivity index (χ0) is 14.0. The predicted molar refractivity (Wildman–Crippen MR) is 81.6 cm³/mol. The van der Waals surface area contributed by atoms with E-state index in [1.807, 2.05) is 16.8 Å². The molecule has 0 spiro atoms. The third kappa shape index (κ3) is 3.36. The molecule has 1 unspecified atom stereocenters. The standard InChI is InChI=1S/C12H13BrN2O2S2/c1-8(9-4-5-18-7-9)15-19(16,17)12-6-10(14)2-3-11(12)13/h2-8,15H,14H2,1H3. The third-order valence-electron chi connectivity index (χ3n) is 2.62. The zero-order valence-electron chi connectivity index (χ0n) is 10.1. The second-order valence-corrected chi connectivity index (χ2v) is 7.41. The molecule has 0 amide bonds. The lowest BCUT2D eigenvalue weighted by Gasteiger charge is -2.14. The van der Waals surface area contributed by atoms with Gasteiger partial charge in [0.2, 0.25) is 10.0 Å². The average Bonchev–Trinajstić information content (AvgIpc) is 2.85. The lowest BCUT2D eigenvalue weighted by Crippen LogP contribution is -2.27. The summed E-state index contributed by atoms with van der Waals surface area (Å²) in [6.45, 7) is 1.81. The summed E-state index contributed by atoms with van der Waals surface area (Å²) in [5, 5.41) is 3.83. The highest BCUT2D eigenvalue weighted by atomic mass is 79.9. The first-order valence-electron chi connectivity index (χ1n) is 5.49. The molecule has 0 aliphatic carbocycles. The van der Waals surface area contributed by atoms with Crippen LogP contribution < -0.4 is 10.5 Å². The van der Waals surface area contributed by atoms with E-state index in [1.165, 1.54) is 17.4 Å². The van der Waals surface area contributed by atoms with Gasteiger partial charge in [-0.25, -0.2) is 13.1 Å². The molecule has 3 N–H and O–H groups in total. The lowest BCUT2D eigenvalue weighted by atomic mass is 10.2. The molecule has 1 atom stereocenters. The molecule has 19 heavy (non-hydrogen) atoms. The van der Waals surface area contributed by atoms with Crippen LogP contribution in [0.2, 0.25) is 0 Å². The molecule has 2 aromatic rings. The van der Waals surface area contributed by atoms with Gasteiger partial charge in [-0.05, 0) is 63.4 Å². The van der Waals surface area contributed by atoms with Crippen molar-refractivity contribution >= 4 is 43.0 Å². The fourth-order valence-corrected chi connectivity index (χ4v) is 4.60. The van der Waals surface area contributed by atoms with Gasteiger partial charge in [0.05, 0.1) is 4.90 Å². The minimum absolute atomic E-state index is 0.148. The molecule has 2 rings (SSSR count). The second kappa shape index (κ2) is 5.62. The van der Waals surface area contributed by atoms with Gasteiger partial charge in [-0.15, -0.1) is 0 Å². The summed E-state index contributed by atoms with van der Waals surface area (Å²) < 4.78 is 27.8. The van der Waals surface area contributed by atoms with Crippen molar-refractivity contribution in [3.8, 4) is 0 Å². The first-order valence-corrected chi connectivity index (χ1v) is 8.71. The Kier molecular flexibility index (Phi) is 4.29. The Balaban J connectivity index is 2.30. The Morgan fingerprint density at radius 1 is 1.37 bits per heavy atom. The van der Waals surface area contributed by atoms with Crippen LogP contribution in [0.25, 0.3) is 0 Å². The Morgan fingerprint density at radius 3 is 2.74 bits per heavy atom. The van der Waals surface area contributed by atoms with Crippen LogP contribution in [0.15, 0.2) is 44.4 Å². The summed E-state index contributed by atoms with van der Waals surface area (Å²) in [5.74, 6) is 0. The van der Waals surface area contributed by atoms with Crippen molar-refractivity contribution in [3.05, 3.63) is 45.1 Å². The van der Waals surface area contributed by atoms with Gasteiger partial charge in [-0.2, -0.15) is 11.3 Å². The highest BCUT2D eigenvalue weighted by molar-refractivity contribution is 9.10. The Labute approximate surface area is 124 Å². The molecular weight excluding hydrogens is 348 g/mol. The van der Waals surface area contributed by atoms with Gasteiger partial charge in [0.25, 0.3) is 0 Å². The lowest BCUT2D eigenvalue weighted by molar-refractivity contribution is 0.567. The number of nitrogens with two attached hydrogens (primary N) is 1. The van der Waals surface area contributed by atoms with Gasteiger partial charge in [-0.1, -0.05) is 0 Å². The number of halogens is 1. The van der Waals surface area contributed by atoms with Crippen molar-refractivity contribution in [1.29, 1.82) is 0 Å². The topological polar surface area (TPSA) is 72.2 Å². The smallest absolute Gasteiger partial charge is 0.242 e. The van der Waals surface area contributed by atoms with Gasteiger partial charge in [0.15, 0.2) is 0 Å². The number of nitrogens with one attached hydrogen (secondary N) is 1. The number of rotatable bonds is 4. The van der Waals surface area contributed by atoms with E-state index in [9.17, 15) is 8.42 Å². The van der Waals surface area contributed by atoms with Crippen molar-refractivity contribution in [1.82, 2.24) is 4.72 Å². The summed E-state index contributed by atoms with van der Waals surface area (Å²) >= 11 is 4.76. The van der Waals surface area contributed by atoms with Gasteiger partial charge < -0.3 is 5.73 Å². The van der Waals surface area contributed by atoms with Crippen LogP contribution in [0, 0.1) is 0 Å². The SMILES string of the molecule is CC(NS(=O)(=O)c1cc(N)ccc1Br)c1ccsc1. The first-order chi connectivity index (χ1) is 8.90. The molecule has 0 bridgehead atoms. The summed E-state index contributed by atoms with van der Waals surface area (Å²) in [7, 11) is -3.61. The normalized spacial score (nSPS) is 13.4. The Hall–Kier alpha value is -0.890. The van der Waals surface area contributed by atoms with E-state index in [2.05, 4.69) is 20.7 Å². The quantitative estimate of drug-likeness (QED) is 0.822. The van der Waals surface area contributed by atoms with Crippen molar-refractivity contribution in [2.45, 2.75) is 17.9 Å². The van der Waals surface area contributed by atoms with E-state index in [4.69, 9.17) is 5.73 Å². The molecule has 0 saturated carbocycles. The Bertz CT molecular complexity index is 669. The van der Waals surface area contributed by atoms with Gasteiger partial charge in [0, 0.05) is 16.2 Å². The van der Waals surface area contributed by atoms with Crippen molar-refractivity contribution in [2.24, 2.45) is 0 Å². The molecular formula is C12H13BrN2O2S2. The van der Waals surface area contributed by atoms with Crippen LogP contribution in [0.4, 0.5) is 5.69 Å². The molecule has 0 aliphatic heterocycles. The van der Waals surface area contributed by atoms with E-state index in [0.717, 1.165) is 5.56 Å². The maximum Gasteiger partial charge on any atom is 0.242 e. The number of anilines is 1. The molecule has 0 fully saturated rings. The zero-order valence-corrected chi connectivity index (χ0v) is 13.3. The highest BCUT2D eigenvalue weighted by Gasteiger charge is 2.21. The van der Waals surface area contributed by atoms with Crippen molar-refractivity contribution in [3.63, 3.8) is 0 Å². The van der Waals surface area contributed by atoms with Crippen LogP contribution in [0.1, 0.15) is 18.5 Å². The maximum absolute atomic E-state index is 12.3. The van der Waals surface area contributed by atoms with E-state index in [-0.39, 0.29) is 10.9 Å². The maximum atomic E-state index is 12.3. The first kappa shape index (κ1) is 14.5. The summed E-state index contributed by atoms with van der Waals surface area (Å²) in [6.07, 6.45) is 0. The molecule has 4 nitrogen and oxygen atoms in total. The number of sulfonamides is 1.